The fourth-order valence-corrected chi connectivity index (χ4v) is 4.01. The van der Waals surface area contributed by atoms with Crippen molar-refractivity contribution in [2.75, 3.05) is 25.5 Å². The number of ether oxygens (including phenoxy) is 1. The van der Waals surface area contributed by atoms with E-state index >= 15 is 0 Å². The van der Waals surface area contributed by atoms with Crippen molar-refractivity contribution in [1.29, 1.82) is 0 Å². The summed E-state index contributed by atoms with van der Waals surface area (Å²) < 4.78 is 5.82. The first-order chi connectivity index (χ1) is 15.8. The van der Waals surface area contributed by atoms with Crippen molar-refractivity contribution in [2.45, 2.75) is 45.8 Å². The summed E-state index contributed by atoms with van der Waals surface area (Å²) in [6.07, 6.45) is 1.00. The second kappa shape index (κ2) is 11.6. The van der Waals surface area contributed by atoms with Gasteiger partial charge in [-0.25, -0.2) is 0 Å². The van der Waals surface area contributed by atoms with Gasteiger partial charge in [-0.15, -0.1) is 0 Å². The maximum Gasteiger partial charge on any atom is 0.219 e. The Morgan fingerprint density at radius 2 is 1.45 bits per heavy atom. The molecule has 4 heteroatoms. The van der Waals surface area contributed by atoms with E-state index in [1.807, 2.05) is 51.0 Å². The minimum absolute atomic E-state index is 0.0965. The average molecular weight is 445 g/mol. The van der Waals surface area contributed by atoms with Gasteiger partial charge in [0.2, 0.25) is 5.91 Å². The van der Waals surface area contributed by atoms with E-state index in [0.717, 1.165) is 23.4 Å². The number of benzene rings is 3. The number of anilines is 1. The summed E-state index contributed by atoms with van der Waals surface area (Å²) in [6.45, 7) is 7.03. The molecule has 1 atom stereocenters. The highest BCUT2D eigenvalue weighted by molar-refractivity contribution is 5.73. The molecule has 0 aliphatic rings. The molecule has 174 valence electrons. The van der Waals surface area contributed by atoms with Gasteiger partial charge in [-0.3, -0.25) is 4.79 Å². The van der Waals surface area contributed by atoms with Crippen molar-refractivity contribution >= 4 is 11.6 Å². The van der Waals surface area contributed by atoms with E-state index in [1.165, 1.54) is 11.1 Å². The standard InChI is InChI=1S/C29H36N2O2/c1-22(2)33-28-17-13-26(14-18-28)29(25-9-7-6-8-10-25)19-20-31(23(3)32)21-24-11-15-27(16-12-24)30(4)5/h6-18,22,29H,19-21H2,1-5H3/t29-/m0/s1. The Morgan fingerprint density at radius 1 is 0.848 bits per heavy atom. The van der Waals surface area contributed by atoms with Crippen LogP contribution in [0, 0.1) is 0 Å². The molecule has 0 radical (unpaired) electrons. The first-order valence-corrected chi connectivity index (χ1v) is 11.7. The van der Waals surface area contributed by atoms with Crippen LogP contribution in [0.4, 0.5) is 5.69 Å². The van der Waals surface area contributed by atoms with Crippen LogP contribution in [0.1, 0.15) is 49.8 Å². The molecule has 0 fully saturated rings. The lowest BCUT2D eigenvalue weighted by Gasteiger charge is -2.26. The van der Waals surface area contributed by atoms with Crippen LogP contribution in [0.5, 0.6) is 5.75 Å². The van der Waals surface area contributed by atoms with Crippen LogP contribution in [0.25, 0.3) is 0 Å². The largest absolute Gasteiger partial charge is 0.491 e. The number of carbonyl (C=O) groups excluding carboxylic acids is 1. The molecule has 0 N–H and O–H groups in total. The fraction of sp³-hybridized carbons (Fsp3) is 0.345. The predicted octanol–water partition coefficient (Wildman–Crippen LogP) is 6.11. The van der Waals surface area contributed by atoms with Gasteiger partial charge in [0.15, 0.2) is 0 Å². The van der Waals surface area contributed by atoms with E-state index in [1.54, 1.807) is 6.92 Å². The van der Waals surface area contributed by atoms with Crippen LogP contribution < -0.4 is 9.64 Å². The number of carbonyl (C=O) groups is 1. The third-order valence-corrected chi connectivity index (χ3v) is 5.82. The Kier molecular flexibility index (Phi) is 8.53. The topological polar surface area (TPSA) is 32.8 Å². The molecule has 0 saturated heterocycles. The number of hydrogen-bond acceptors (Lipinski definition) is 3. The molecule has 0 saturated carbocycles. The summed E-state index contributed by atoms with van der Waals surface area (Å²) in [5.41, 5.74) is 4.79. The second-order valence-corrected chi connectivity index (χ2v) is 8.99. The van der Waals surface area contributed by atoms with E-state index < -0.39 is 0 Å². The summed E-state index contributed by atoms with van der Waals surface area (Å²) in [5, 5.41) is 0. The van der Waals surface area contributed by atoms with Gasteiger partial charge in [-0.1, -0.05) is 54.6 Å². The van der Waals surface area contributed by atoms with Crippen LogP contribution in [-0.2, 0) is 11.3 Å². The monoisotopic (exact) mass is 444 g/mol. The first kappa shape index (κ1) is 24.4. The zero-order chi connectivity index (χ0) is 23.8. The lowest BCUT2D eigenvalue weighted by molar-refractivity contribution is -0.129. The minimum atomic E-state index is 0.0965. The number of amides is 1. The highest BCUT2D eigenvalue weighted by Crippen LogP contribution is 2.30. The van der Waals surface area contributed by atoms with Gasteiger partial charge in [0.05, 0.1) is 6.10 Å². The van der Waals surface area contributed by atoms with Crippen LogP contribution in [0.3, 0.4) is 0 Å². The van der Waals surface area contributed by atoms with Gasteiger partial charge in [0.25, 0.3) is 0 Å². The molecule has 0 aliphatic carbocycles. The Morgan fingerprint density at radius 3 is 2.00 bits per heavy atom. The van der Waals surface area contributed by atoms with Crippen molar-refractivity contribution in [1.82, 2.24) is 4.90 Å². The van der Waals surface area contributed by atoms with Crippen molar-refractivity contribution < 1.29 is 9.53 Å². The van der Waals surface area contributed by atoms with Crippen LogP contribution in [0.15, 0.2) is 78.9 Å². The van der Waals surface area contributed by atoms with Crippen molar-refractivity contribution in [2.24, 2.45) is 0 Å². The molecule has 0 spiro atoms. The smallest absolute Gasteiger partial charge is 0.219 e. The molecule has 33 heavy (non-hydrogen) atoms. The Labute approximate surface area is 198 Å². The Balaban J connectivity index is 1.76. The highest BCUT2D eigenvalue weighted by Gasteiger charge is 2.18. The molecule has 0 unspecified atom stereocenters. The lowest BCUT2D eigenvalue weighted by Crippen LogP contribution is -2.30. The Bertz CT molecular complexity index is 996. The molecular weight excluding hydrogens is 408 g/mol. The zero-order valence-corrected chi connectivity index (χ0v) is 20.5. The lowest BCUT2D eigenvalue weighted by atomic mass is 9.88. The molecule has 0 heterocycles. The molecule has 3 aromatic rings. The molecule has 1 amide bonds. The SMILES string of the molecule is CC(=O)N(CC[C@@H](c1ccccc1)c1ccc(OC(C)C)cc1)Cc1ccc(N(C)C)cc1. The third kappa shape index (κ3) is 7.11. The molecule has 4 nitrogen and oxygen atoms in total. The van der Waals surface area contributed by atoms with Crippen molar-refractivity contribution in [3.8, 4) is 5.75 Å². The fourth-order valence-electron chi connectivity index (χ4n) is 4.01. The first-order valence-electron chi connectivity index (χ1n) is 11.7. The maximum absolute atomic E-state index is 12.5. The van der Waals surface area contributed by atoms with Crippen LogP contribution >= 0.6 is 0 Å². The van der Waals surface area contributed by atoms with Gasteiger partial charge >= 0.3 is 0 Å². The molecule has 0 bridgehead atoms. The van der Waals surface area contributed by atoms with Crippen LogP contribution in [-0.4, -0.2) is 37.6 Å². The maximum atomic E-state index is 12.5. The van der Waals surface area contributed by atoms with Gasteiger partial charge in [0.1, 0.15) is 5.75 Å². The van der Waals surface area contributed by atoms with E-state index in [4.69, 9.17) is 4.74 Å². The number of hydrogen-bond donors (Lipinski definition) is 0. The second-order valence-electron chi connectivity index (χ2n) is 8.99. The quantitative estimate of drug-likeness (QED) is 0.378. The zero-order valence-electron chi connectivity index (χ0n) is 20.5. The molecule has 0 aromatic heterocycles. The van der Waals surface area contributed by atoms with Crippen molar-refractivity contribution in [3.05, 3.63) is 95.6 Å². The summed E-state index contributed by atoms with van der Waals surface area (Å²) in [7, 11) is 4.06. The van der Waals surface area contributed by atoms with E-state index in [0.29, 0.717) is 13.1 Å². The van der Waals surface area contributed by atoms with E-state index in [2.05, 4.69) is 65.6 Å². The minimum Gasteiger partial charge on any atom is -0.491 e. The van der Waals surface area contributed by atoms with Gasteiger partial charge < -0.3 is 14.5 Å². The van der Waals surface area contributed by atoms with Gasteiger partial charge in [0, 0.05) is 45.7 Å². The van der Waals surface area contributed by atoms with Gasteiger partial charge in [-0.2, -0.15) is 0 Å². The third-order valence-electron chi connectivity index (χ3n) is 5.82. The molecule has 0 aliphatic heterocycles. The molecule has 3 aromatic carbocycles. The summed E-state index contributed by atoms with van der Waals surface area (Å²) in [6, 6.07) is 27.3. The van der Waals surface area contributed by atoms with Crippen molar-refractivity contribution in [3.63, 3.8) is 0 Å². The van der Waals surface area contributed by atoms with E-state index in [9.17, 15) is 4.79 Å². The molecular formula is C29H36N2O2. The molecule has 3 rings (SSSR count). The van der Waals surface area contributed by atoms with Gasteiger partial charge in [-0.05, 0) is 61.2 Å². The number of rotatable bonds is 10. The normalized spacial score (nSPS) is 11.8. The summed E-state index contributed by atoms with van der Waals surface area (Å²) in [4.78, 5) is 16.5. The highest BCUT2D eigenvalue weighted by atomic mass is 16.5. The van der Waals surface area contributed by atoms with E-state index in [-0.39, 0.29) is 17.9 Å². The summed E-state index contributed by atoms with van der Waals surface area (Å²) >= 11 is 0. The Hall–Kier alpha value is -3.27. The predicted molar refractivity (Wildman–Crippen MR) is 137 cm³/mol. The number of nitrogens with zero attached hydrogens (tertiary/aromatic N) is 2. The summed E-state index contributed by atoms with van der Waals surface area (Å²) in [5.74, 6) is 1.18. The average Bonchev–Trinajstić information content (AvgIpc) is 2.80. The van der Waals surface area contributed by atoms with Crippen LogP contribution in [0.2, 0.25) is 0 Å².